The van der Waals surface area contributed by atoms with E-state index >= 15 is 0 Å². The zero-order valence-electron chi connectivity index (χ0n) is 16.2. The van der Waals surface area contributed by atoms with Gasteiger partial charge < -0.3 is 14.5 Å². The normalized spacial score (nSPS) is 10.9. The molecule has 1 heterocycles. The number of hydrogen-bond acceptors (Lipinski definition) is 4. The molecule has 0 spiro atoms. The van der Waals surface area contributed by atoms with Crippen LogP contribution in [-0.4, -0.2) is 18.0 Å². The zero-order valence-corrected chi connectivity index (χ0v) is 17.0. The third-order valence-corrected chi connectivity index (χ3v) is 4.99. The van der Waals surface area contributed by atoms with Gasteiger partial charge in [0.05, 0.1) is 23.4 Å². The van der Waals surface area contributed by atoms with Crippen molar-refractivity contribution in [3.05, 3.63) is 76.3 Å². The number of fused-ring (bicyclic) bond motifs is 1. The van der Waals surface area contributed by atoms with Crippen molar-refractivity contribution in [2.24, 2.45) is 0 Å². The van der Waals surface area contributed by atoms with Crippen molar-refractivity contribution in [1.29, 1.82) is 0 Å². The minimum absolute atomic E-state index is 0.308. The maximum absolute atomic E-state index is 12.8. The number of aryl methyl sites for hydroxylation is 2. The molecule has 3 aromatic carbocycles. The maximum atomic E-state index is 12.8. The SMILES string of the molecule is COc1c(C)cccc1C(=O)Nc1cc(-c2nc3cc(C)ccc3o2)ccc1Cl. The summed E-state index contributed by atoms with van der Waals surface area (Å²) in [5.41, 5.74) is 5.09. The lowest BCUT2D eigenvalue weighted by Crippen LogP contribution is -2.14. The average molecular weight is 407 g/mol. The van der Waals surface area contributed by atoms with Gasteiger partial charge in [-0.3, -0.25) is 4.79 Å². The van der Waals surface area contributed by atoms with Crippen molar-refractivity contribution in [3.8, 4) is 17.2 Å². The second kappa shape index (κ2) is 7.60. The van der Waals surface area contributed by atoms with Gasteiger partial charge in [-0.25, -0.2) is 4.98 Å². The zero-order chi connectivity index (χ0) is 20.5. The summed E-state index contributed by atoms with van der Waals surface area (Å²) in [6.07, 6.45) is 0. The number of oxazole rings is 1. The van der Waals surface area contributed by atoms with E-state index in [-0.39, 0.29) is 5.91 Å². The summed E-state index contributed by atoms with van der Waals surface area (Å²) in [7, 11) is 1.54. The van der Waals surface area contributed by atoms with Gasteiger partial charge in [0.15, 0.2) is 5.58 Å². The van der Waals surface area contributed by atoms with Gasteiger partial charge in [-0.1, -0.05) is 29.8 Å². The van der Waals surface area contributed by atoms with Gasteiger partial charge in [0.1, 0.15) is 11.3 Å². The van der Waals surface area contributed by atoms with E-state index in [1.165, 1.54) is 0 Å². The number of nitrogens with zero attached hydrogens (tertiary/aromatic N) is 1. The molecule has 4 aromatic rings. The first-order chi connectivity index (χ1) is 14.0. The number of rotatable bonds is 4. The number of carbonyl (C=O) groups is 1. The number of amides is 1. The molecule has 0 unspecified atom stereocenters. The highest BCUT2D eigenvalue weighted by atomic mass is 35.5. The molecular formula is C23H19ClN2O3. The van der Waals surface area contributed by atoms with Gasteiger partial charge in [-0.15, -0.1) is 0 Å². The van der Waals surface area contributed by atoms with E-state index in [0.29, 0.717) is 33.5 Å². The monoisotopic (exact) mass is 406 g/mol. The fraction of sp³-hybridized carbons (Fsp3) is 0.130. The molecule has 0 bridgehead atoms. The summed E-state index contributed by atoms with van der Waals surface area (Å²) >= 11 is 6.32. The van der Waals surface area contributed by atoms with E-state index in [9.17, 15) is 4.79 Å². The standard InChI is InChI=1S/C23H19ClN2O3/c1-13-7-10-20-19(11-13)26-23(29-20)15-8-9-17(24)18(12-15)25-22(27)16-6-4-5-14(2)21(16)28-3/h4-12H,1-3H3,(H,25,27). The highest BCUT2D eigenvalue weighted by Crippen LogP contribution is 2.32. The van der Waals surface area contributed by atoms with E-state index < -0.39 is 0 Å². The summed E-state index contributed by atoms with van der Waals surface area (Å²) in [5, 5.41) is 3.28. The number of hydrogen-bond donors (Lipinski definition) is 1. The highest BCUT2D eigenvalue weighted by Gasteiger charge is 2.17. The van der Waals surface area contributed by atoms with Crippen LogP contribution in [0.5, 0.6) is 5.75 Å². The second-order valence-electron chi connectivity index (χ2n) is 6.79. The number of halogens is 1. The van der Waals surface area contributed by atoms with Crippen LogP contribution in [0.3, 0.4) is 0 Å². The lowest BCUT2D eigenvalue weighted by Gasteiger charge is -2.12. The second-order valence-corrected chi connectivity index (χ2v) is 7.20. The fourth-order valence-electron chi connectivity index (χ4n) is 3.21. The minimum atomic E-state index is -0.308. The number of anilines is 1. The molecule has 0 atom stereocenters. The molecule has 0 saturated carbocycles. The Morgan fingerprint density at radius 3 is 2.72 bits per heavy atom. The Morgan fingerprint density at radius 2 is 1.93 bits per heavy atom. The van der Waals surface area contributed by atoms with Crippen LogP contribution in [0.2, 0.25) is 5.02 Å². The van der Waals surface area contributed by atoms with E-state index in [0.717, 1.165) is 22.2 Å². The fourth-order valence-corrected chi connectivity index (χ4v) is 3.37. The van der Waals surface area contributed by atoms with Crippen LogP contribution in [0.4, 0.5) is 5.69 Å². The van der Waals surface area contributed by atoms with Gasteiger partial charge >= 0.3 is 0 Å². The van der Waals surface area contributed by atoms with E-state index in [2.05, 4.69) is 10.3 Å². The Bertz CT molecular complexity index is 1230. The molecule has 0 radical (unpaired) electrons. The van der Waals surface area contributed by atoms with Crippen molar-refractivity contribution < 1.29 is 13.9 Å². The van der Waals surface area contributed by atoms with Crippen LogP contribution in [0.25, 0.3) is 22.6 Å². The molecule has 1 N–H and O–H groups in total. The minimum Gasteiger partial charge on any atom is -0.496 e. The van der Waals surface area contributed by atoms with Gasteiger partial charge in [-0.2, -0.15) is 0 Å². The molecule has 0 aliphatic heterocycles. The summed E-state index contributed by atoms with van der Waals surface area (Å²) in [5.74, 6) is 0.690. The first-order valence-corrected chi connectivity index (χ1v) is 9.46. The molecular weight excluding hydrogens is 388 g/mol. The molecule has 146 valence electrons. The van der Waals surface area contributed by atoms with Crippen molar-refractivity contribution in [3.63, 3.8) is 0 Å². The predicted molar refractivity (Wildman–Crippen MR) is 115 cm³/mol. The number of methoxy groups -OCH3 is 1. The van der Waals surface area contributed by atoms with Crippen molar-refractivity contribution in [2.45, 2.75) is 13.8 Å². The van der Waals surface area contributed by atoms with Crippen LogP contribution in [-0.2, 0) is 0 Å². The van der Waals surface area contributed by atoms with Crippen molar-refractivity contribution in [2.75, 3.05) is 12.4 Å². The Kier molecular flexibility index (Phi) is 4.99. The summed E-state index contributed by atoms with van der Waals surface area (Å²) in [6, 6.07) is 16.5. The highest BCUT2D eigenvalue weighted by molar-refractivity contribution is 6.34. The van der Waals surface area contributed by atoms with Crippen LogP contribution in [0, 0.1) is 13.8 Å². The molecule has 4 rings (SSSR count). The lowest BCUT2D eigenvalue weighted by atomic mass is 10.1. The third-order valence-electron chi connectivity index (χ3n) is 4.67. The third kappa shape index (κ3) is 3.69. The van der Waals surface area contributed by atoms with E-state index in [1.807, 2.05) is 50.2 Å². The molecule has 1 aromatic heterocycles. The smallest absolute Gasteiger partial charge is 0.259 e. The maximum Gasteiger partial charge on any atom is 0.259 e. The quantitative estimate of drug-likeness (QED) is 0.449. The Morgan fingerprint density at radius 1 is 1.10 bits per heavy atom. The number of nitrogens with one attached hydrogen (secondary N) is 1. The molecule has 6 heteroatoms. The average Bonchev–Trinajstić information content (AvgIpc) is 3.12. The molecule has 0 aliphatic carbocycles. The molecule has 29 heavy (non-hydrogen) atoms. The number of para-hydroxylation sites is 1. The molecule has 0 saturated heterocycles. The van der Waals surface area contributed by atoms with Crippen molar-refractivity contribution >= 4 is 34.3 Å². The predicted octanol–water partition coefficient (Wildman–Crippen LogP) is 6.03. The van der Waals surface area contributed by atoms with Gasteiger partial charge in [-0.05, 0) is 61.4 Å². The van der Waals surface area contributed by atoms with Gasteiger partial charge in [0.25, 0.3) is 5.91 Å². The van der Waals surface area contributed by atoms with Crippen LogP contribution < -0.4 is 10.1 Å². The number of carbonyl (C=O) groups excluding carboxylic acids is 1. The Balaban J connectivity index is 1.68. The van der Waals surface area contributed by atoms with Gasteiger partial charge in [0.2, 0.25) is 5.89 Å². The Hall–Kier alpha value is -3.31. The number of aromatic nitrogens is 1. The molecule has 5 nitrogen and oxygen atoms in total. The topological polar surface area (TPSA) is 64.4 Å². The lowest BCUT2D eigenvalue weighted by molar-refractivity contribution is 0.102. The number of ether oxygens (including phenoxy) is 1. The first-order valence-electron chi connectivity index (χ1n) is 9.08. The van der Waals surface area contributed by atoms with Crippen LogP contribution in [0.15, 0.2) is 59.0 Å². The molecule has 0 fully saturated rings. The Labute approximate surface area is 173 Å². The number of benzene rings is 3. The van der Waals surface area contributed by atoms with E-state index in [1.54, 1.807) is 25.3 Å². The van der Waals surface area contributed by atoms with E-state index in [4.69, 9.17) is 20.8 Å². The molecule has 1 amide bonds. The first kappa shape index (κ1) is 19.0. The summed E-state index contributed by atoms with van der Waals surface area (Å²) < 4.78 is 11.2. The summed E-state index contributed by atoms with van der Waals surface area (Å²) in [4.78, 5) is 17.4. The largest absolute Gasteiger partial charge is 0.496 e. The summed E-state index contributed by atoms with van der Waals surface area (Å²) in [6.45, 7) is 3.89. The van der Waals surface area contributed by atoms with Crippen LogP contribution in [0.1, 0.15) is 21.5 Å². The van der Waals surface area contributed by atoms with Gasteiger partial charge in [0, 0.05) is 5.56 Å². The molecule has 0 aliphatic rings. The van der Waals surface area contributed by atoms with Crippen LogP contribution >= 0.6 is 11.6 Å². The van der Waals surface area contributed by atoms with Crippen molar-refractivity contribution in [1.82, 2.24) is 4.98 Å².